The third kappa shape index (κ3) is 10.4. The predicted molar refractivity (Wildman–Crippen MR) is 82.7 cm³/mol. The molecule has 2 heteroatoms. The Morgan fingerprint density at radius 2 is 0.882 bits per heavy atom. The van der Waals surface area contributed by atoms with Gasteiger partial charge in [-0.05, 0) is 0 Å². The van der Waals surface area contributed by atoms with E-state index >= 15 is 0 Å². The molecular formula is C15H36CrSi. The Kier molecular flexibility index (Phi) is 9.17. The topological polar surface area (TPSA) is 0 Å². The van der Waals surface area contributed by atoms with Crippen LogP contribution in [0.25, 0.3) is 0 Å². The van der Waals surface area contributed by atoms with Crippen LogP contribution in [0.4, 0.5) is 0 Å². The first-order valence-electron chi connectivity index (χ1n) is 7.46. The molecule has 0 radical (unpaired) electrons. The second-order valence-electron chi connectivity index (χ2n) is 7.14. The Labute approximate surface area is 115 Å². The molecule has 0 saturated carbocycles. The van der Waals surface area contributed by atoms with Crippen molar-refractivity contribution in [3.8, 4) is 0 Å². The van der Waals surface area contributed by atoms with E-state index in [4.69, 9.17) is 0 Å². The van der Waals surface area contributed by atoms with Crippen molar-refractivity contribution in [1.29, 1.82) is 0 Å². The molecule has 0 aliphatic rings. The molecule has 0 atom stereocenters. The van der Waals surface area contributed by atoms with E-state index in [1.165, 1.54) is 19.3 Å². The van der Waals surface area contributed by atoms with Crippen LogP contribution in [0.5, 0.6) is 0 Å². The van der Waals surface area contributed by atoms with Crippen LogP contribution >= 0.6 is 0 Å². The first-order valence-corrected chi connectivity index (χ1v) is 14.8. The molecule has 0 aliphatic heterocycles. The van der Waals surface area contributed by atoms with E-state index in [0.717, 1.165) is 17.8 Å². The summed E-state index contributed by atoms with van der Waals surface area (Å²) in [5.41, 5.74) is 0. The van der Waals surface area contributed by atoms with E-state index < -0.39 is 12.4 Å². The summed E-state index contributed by atoms with van der Waals surface area (Å²) in [5.74, 6) is 2.75. The van der Waals surface area contributed by atoms with E-state index in [9.17, 15) is 0 Å². The predicted octanol–water partition coefficient (Wildman–Crippen LogP) is 4.81. The fourth-order valence-electron chi connectivity index (χ4n) is 1.87. The molecule has 0 bridgehead atoms. The van der Waals surface area contributed by atoms with Gasteiger partial charge < -0.3 is 0 Å². The van der Waals surface area contributed by atoms with Gasteiger partial charge >= 0.3 is 116 Å². The zero-order chi connectivity index (χ0) is 13.5. The van der Waals surface area contributed by atoms with Gasteiger partial charge in [0.15, 0.2) is 0 Å². The summed E-state index contributed by atoms with van der Waals surface area (Å²) in [6.45, 7) is 14.4. The van der Waals surface area contributed by atoms with E-state index in [1.54, 1.807) is 24.7 Å². The van der Waals surface area contributed by atoms with Gasteiger partial charge in [-0.15, -0.1) is 0 Å². The van der Waals surface area contributed by atoms with E-state index in [0.29, 0.717) is 0 Å². The van der Waals surface area contributed by atoms with Crippen molar-refractivity contribution in [2.24, 2.45) is 17.8 Å². The first kappa shape index (κ1) is 17.7. The van der Waals surface area contributed by atoms with Gasteiger partial charge in [0, 0.05) is 0 Å². The Morgan fingerprint density at radius 1 is 0.647 bits per heavy atom. The van der Waals surface area contributed by atoms with E-state index in [2.05, 4.69) is 41.5 Å². The van der Waals surface area contributed by atoms with Gasteiger partial charge in [-0.3, -0.25) is 0 Å². The fraction of sp³-hybridized carbons (Fsp3) is 1.00. The van der Waals surface area contributed by atoms with Crippen molar-refractivity contribution in [3.63, 3.8) is 0 Å². The van der Waals surface area contributed by atoms with Gasteiger partial charge in [0.25, 0.3) is 0 Å². The molecule has 0 unspecified atom stereocenters. The average Bonchev–Trinajstić information content (AvgIpc) is 2.21. The summed E-state index contributed by atoms with van der Waals surface area (Å²) in [5, 5.41) is 4.92. The van der Waals surface area contributed by atoms with E-state index in [1.807, 2.05) is 0 Å². The van der Waals surface area contributed by atoms with Crippen LogP contribution < -0.4 is 0 Å². The quantitative estimate of drug-likeness (QED) is 0.535. The van der Waals surface area contributed by atoms with Crippen LogP contribution in [0.1, 0.15) is 60.8 Å². The van der Waals surface area contributed by atoms with Crippen LogP contribution in [-0.4, -0.2) is 8.80 Å². The number of hydrogen-bond donors (Lipinski definition) is 0. The Morgan fingerprint density at radius 3 is 1.06 bits per heavy atom. The molecule has 0 amide bonds. The SMILES string of the molecule is CC(C)C[CH2][Cr]([SiH3])([CH2]CC(C)C)[CH2]CC(C)C. The second kappa shape index (κ2) is 8.78. The van der Waals surface area contributed by atoms with Gasteiger partial charge in [-0.1, -0.05) is 0 Å². The molecule has 0 N–H and O–H groups in total. The second-order valence-corrected chi connectivity index (χ2v) is 20.8. The molecule has 0 rings (SSSR count). The Bertz CT molecular complexity index is 156. The van der Waals surface area contributed by atoms with Crippen LogP contribution in [0.2, 0.25) is 15.8 Å². The molecule has 106 valence electrons. The molecule has 0 fully saturated rings. The molecule has 0 nitrogen and oxygen atoms in total. The summed E-state index contributed by atoms with van der Waals surface area (Å²) in [6, 6.07) is 0. The van der Waals surface area contributed by atoms with Gasteiger partial charge in [-0.2, -0.15) is 0 Å². The van der Waals surface area contributed by atoms with Crippen LogP contribution in [-0.2, 0) is 12.4 Å². The minimum absolute atomic E-state index is 0.915. The van der Waals surface area contributed by atoms with Crippen molar-refractivity contribution < 1.29 is 12.4 Å². The molecule has 0 spiro atoms. The van der Waals surface area contributed by atoms with Crippen LogP contribution in [0.15, 0.2) is 0 Å². The van der Waals surface area contributed by atoms with Crippen LogP contribution in [0.3, 0.4) is 0 Å². The molecule has 0 aromatic heterocycles. The van der Waals surface area contributed by atoms with Gasteiger partial charge in [0.2, 0.25) is 0 Å². The Hall–Kier alpha value is 0.749. The van der Waals surface area contributed by atoms with Crippen molar-refractivity contribution in [3.05, 3.63) is 0 Å². The molecule has 0 aromatic rings. The number of hydrogen-bond acceptors (Lipinski definition) is 0. The molecule has 0 saturated heterocycles. The van der Waals surface area contributed by atoms with Crippen molar-refractivity contribution in [2.45, 2.75) is 76.7 Å². The summed E-state index contributed by atoms with van der Waals surface area (Å²) < 4.78 is 0. The molecule has 0 aromatic carbocycles. The molecule has 0 heterocycles. The summed E-state index contributed by atoms with van der Waals surface area (Å²) in [4.78, 5) is 0. The zero-order valence-corrected chi connectivity index (χ0v) is 16.7. The fourth-order valence-corrected chi connectivity index (χ4v) is 10.6. The van der Waals surface area contributed by atoms with E-state index in [-0.39, 0.29) is 0 Å². The number of rotatable bonds is 9. The summed E-state index contributed by atoms with van der Waals surface area (Å²) in [6.07, 6.45) is 4.50. The normalized spacial score (nSPS) is 14.2. The minimum atomic E-state index is -0.991. The van der Waals surface area contributed by atoms with Crippen molar-refractivity contribution >= 4 is 8.80 Å². The standard InChI is InChI=1S/3C5H11.Cr.H3Si/c3*1-4-5(2)3;;/h3*5H,1,4H2,2-3H3;;1H3. The average molecular weight is 297 g/mol. The molecule has 0 aliphatic carbocycles. The van der Waals surface area contributed by atoms with Gasteiger partial charge in [-0.25, -0.2) is 0 Å². The Balaban J connectivity index is 4.23. The zero-order valence-electron chi connectivity index (χ0n) is 13.4. The van der Waals surface area contributed by atoms with Crippen molar-refractivity contribution in [1.82, 2.24) is 0 Å². The maximum absolute atomic E-state index is 2.39. The first-order chi connectivity index (χ1) is 7.75. The molecular weight excluding hydrogens is 260 g/mol. The summed E-state index contributed by atoms with van der Waals surface area (Å²) >= 11 is -0.991. The maximum atomic E-state index is 2.39. The van der Waals surface area contributed by atoms with Gasteiger partial charge in [0.1, 0.15) is 0 Å². The third-order valence-corrected chi connectivity index (χ3v) is 14.3. The monoisotopic (exact) mass is 296 g/mol. The molecule has 17 heavy (non-hydrogen) atoms. The summed E-state index contributed by atoms with van der Waals surface area (Å²) in [7, 11) is 1.54. The van der Waals surface area contributed by atoms with Crippen molar-refractivity contribution in [2.75, 3.05) is 0 Å². The van der Waals surface area contributed by atoms with Crippen LogP contribution in [0, 0.1) is 17.8 Å². The van der Waals surface area contributed by atoms with Gasteiger partial charge in [0.05, 0.1) is 0 Å². The third-order valence-electron chi connectivity index (χ3n) is 3.56.